The van der Waals surface area contributed by atoms with E-state index in [4.69, 9.17) is 5.11 Å². The van der Waals surface area contributed by atoms with Crippen LogP contribution in [0.1, 0.15) is 15.9 Å². The summed E-state index contributed by atoms with van der Waals surface area (Å²) in [6, 6.07) is 6.58. The third kappa shape index (κ3) is 3.54. The van der Waals surface area contributed by atoms with Gasteiger partial charge in [0, 0.05) is 16.7 Å². The summed E-state index contributed by atoms with van der Waals surface area (Å²) in [6.07, 6.45) is 0. The number of aromatic carboxylic acids is 1. The molecule has 0 saturated heterocycles. The highest BCUT2D eigenvalue weighted by atomic mass is 32.2. The smallest absolute Gasteiger partial charge is 0.335 e. The van der Waals surface area contributed by atoms with Crippen molar-refractivity contribution in [2.75, 3.05) is 0 Å². The molecule has 0 unspecified atom stereocenters. The van der Waals surface area contributed by atoms with Gasteiger partial charge in [0.05, 0.1) is 5.56 Å². The Bertz CT molecular complexity index is 659. The van der Waals surface area contributed by atoms with E-state index in [1.165, 1.54) is 18.2 Å². The number of rotatable bonds is 4. The Morgan fingerprint density at radius 3 is 2.45 bits per heavy atom. The molecule has 0 saturated carbocycles. The van der Waals surface area contributed by atoms with Gasteiger partial charge in [-0.25, -0.2) is 18.0 Å². The lowest BCUT2D eigenvalue weighted by molar-refractivity contribution is 0.0696. The van der Waals surface area contributed by atoms with Crippen LogP contribution in [0.5, 0.6) is 0 Å². The van der Waals surface area contributed by atoms with E-state index in [1.54, 1.807) is 0 Å². The summed E-state index contributed by atoms with van der Waals surface area (Å²) >= 11 is 1.04. The number of carboxylic acid groups (broad SMARTS) is 1. The first-order valence-electron chi connectivity index (χ1n) is 5.56. The van der Waals surface area contributed by atoms with Crippen molar-refractivity contribution < 1.29 is 23.1 Å². The zero-order chi connectivity index (χ0) is 14.7. The van der Waals surface area contributed by atoms with Gasteiger partial charge in [0.1, 0.15) is 17.5 Å². The first kappa shape index (κ1) is 14.5. The Balaban J connectivity index is 2.16. The van der Waals surface area contributed by atoms with Crippen LogP contribution in [0, 0.1) is 17.5 Å². The van der Waals surface area contributed by atoms with Gasteiger partial charge < -0.3 is 5.11 Å². The summed E-state index contributed by atoms with van der Waals surface area (Å²) in [4.78, 5) is 11.0. The molecule has 104 valence electrons. The predicted molar refractivity (Wildman–Crippen MR) is 69.3 cm³/mol. The third-order valence-electron chi connectivity index (χ3n) is 2.49. The van der Waals surface area contributed by atoms with Gasteiger partial charge >= 0.3 is 5.97 Å². The molecule has 0 radical (unpaired) electrons. The largest absolute Gasteiger partial charge is 0.478 e. The summed E-state index contributed by atoms with van der Waals surface area (Å²) in [5.74, 6) is -3.10. The topological polar surface area (TPSA) is 37.3 Å². The van der Waals surface area contributed by atoms with Crippen molar-refractivity contribution in [3.63, 3.8) is 0 Å². The second kappa shape index (κ2) is 6.00. The van der Waals surface area contributed by atoms with E-state index >= 15 is 0 Å². The second-order valence-electron chi connectivity index (χ2n) is 4.02. The molecular formula is C14H9F3O2S. The van der Waals surface area contributed by atoms with Crippen molar-refractivity contribution in [1.82, 2.24) is 0 Å². The first-order valence-corrected chi connectivity index (χ1v) is 6.55. The lowest BCUT2D eigenvalue weighted by atomic mass is 10.1. The predicted octanol–water partition coefficient (Wildman–Crippen LogP) is 4.09. The molecule has 0 bridgehead atoms. The van der Waals surface area contributed by atoms with Gasteiger partial charge in [-0.3, -0.25) is 0 Å². The maximum Gasteiger partial charge on any atom is 0.335 e. The molecule has 2 aromatic rings. The Morgan fingerprint density at radius 1 is 1.05 bits per heavy atom. The number of hydrogen-bond acceptors (Lipinski definition) is 2. The quantitative estimate of drug-likeness (QED) is 0.864. The van der Waals surface area contributed by atoms with Gasteiger partial charge in [0.2, 0.25) is 0 Å². The lowest BCUT2D eigenvalue weighted by Gasteiger charge is -2.05. The summed E-state index contributed by atoms with van der Waals surface area (Å²) in [7, 11) is 0. The molecule has 0 aliphatic carbocycles. The summed E-state index contributed by atoms with van der Waals surface area (Å²) in [5.41, 5.74) is 0.247. The molecule has 0 spiro atoms. The first-order chi connectivity index (χ1) is 9.45. The van der Waals surface area contributed by atoms with Crippen molar-refractivity contribution >= 4 is 17.7 Å². The number of hydrogen-bond donors (Lipinski definition) is 1. The van der Waals surface area contributed by atoms with E-state index in [-0.39, 0.29) is 16.2 Å². The Morgan fingerprint density at radius 2 is 1.80 bits per heavy atom. The third-order valence-corrected chi connectivity index (χ3v) is 3.61. The molecule has 6 heteroatoms. The molecule has 2 nitrogen and oxygen atoms in total. The molecular weight excluding hydrogens is 289 g/mol. The fourth-order valence-electron chi connectivity index (χ4n) is 1.61. The number of thioether (sulfide) groups is 1. The number of carbonyl (C=O) groups is 1. The van der Waals surface area contributed by atoms with Gasteiger partial charge in [0.25, 0.3) is 0 Å². The van der Waals surface area contributed by atoms with Crippen LogP contribution in [-0.4, -0.2) is 11.1 Å². The average Bonchev–Trinajstić information content (AvgIpc) is 2.37. The minimum atomic E-state index is -1.23. The fraction of sp³-hybridized carbons (Fsp3) is 0.0714. The van der Waals surface area contributed by atoms with Crippen molar-refractivity contribution in [1.29, 1.82) is 0 Å². The molecule has 0 aromatic heterocycles. The standard InChI is InChI=1S/C14H9F3O2S/c15-10-1-2-13(12(17)6-10)20-7-8-3-9(14(18)19)5-11(16)4-8/h1-6H,7H2,(H,18,19). The van der Waals surface area contributed by atoms with E-state index in [1.807, 2.05) is 0 Å². The number of carboxylic acids is 1. The highest BCUT2D eigenvalue weighted by Crippen LogP contribution is 2.26. The van der Waals surface area contributed by atoms with Gasteiger partial charge in [-0.15, -0.1) is 11.8 Å². The zero-order valence-corrected chi connectivity index (χ0v) is 10.9. The van der Waals surface area contributed by atoms with E-state index in [9.17, 15) is 18.0 Å². The molecule has 20 heavy (non-hydrogen) atoms. The van der Waals surface area contributed by atoms with Crippen molar-refractivity contribution in [2.24, 2.45) is 0 Å². The summed E-state index contributed by atoms with van der Waals surface area (Å²) in [6.45, 7) is 0. The molecule has 1 N–H and O–H groups in total. The molecule has 2 rings (SSSR count). The van der Waals surface area contributed by atoms with Crippen LogP contribution in [0.4, 0.5) is 13.2 Å². The number of benzene rings is 2. The van der Waals surface area contributed by atoms with Gasteiger partial charge in [-0.2, -0.15) is 0 Å². The van der Waals surface area contributed by atoms with Crippen LogP contribution >= 0.6 is 11.8 Å². The lowest BCUT2D eigenvalue weighted by Crippen LogP contribution is -1.98. The maximum atomic E-state index is 13.4. The minimum absolute atomic E-state index is 0.167. The average molecular weight is 298 g/mol. The maximum absolute atomic E-state index is 13.4. The summed E-state index contributed by atoms with van der Waals surface area (Å²) < 4.78 is 39.4. The monoisotopic (exact) mass is 298 g/mol. The molecule has 0 aliphatic rings. The van der Waals surface area contributed by atoms with Crippen LogP contribution in [0.2, 0.25) is 0 Å². The van der Waals surface area contributed by atoms with E-state index in [2.05, 4.69) is 0 Å². The minimum Gasteiger partial charge on any atom is -0.478 e. The van der Waals surface area contributed by atoms with E-state index in [0.717, 1.165) is 30.0 Å². The Labute approximate surface area is 117 Å². The Hall–Kier alpha value is -1.95. The second-order valence-corrected chi connectivity index (χ2v) is 5.03. The van der Waals surface area contributed by atoms with Crippen molar-refractivity contribution in [3.8, 4) is 0 Å². The molecule has 0 heterocycles. The fourth-order valence-corrected chi connectivity index (χ4v) is 2.46. The van der Waals surface area contributed by atoms with E-state index in [0.29, 0.717) is 5.56 Å². The zero-order valence-electron chi connectivity index (χ0n) is 10.1. The van der Waals surface area contributed by atoms with Crippen LogP contribution in [0.15, 0.2) is 41.3 Å². The van der Waals surface area contributed by atoms with Crippen LogP contribution in [0.25, 0.3) is 0 Å². The molecule has 2 aromatic carbocycles. The van der Waals surface area contributed by atoms with Gasteiger partial charge in [-0.1, -0.05) is 0 Å². The molecule has 0 amide bonds. The Kier molecular flexibility index (Phi) is 4.34. The molecule has 0 atom stereocenters. The van der Waals surface area contributed by atoms with Gasteiger partial charge in [0.15, 0.2) is 0 Å². The molecule has 0 fully saturated rings. The number of halogens is 3. The van der Waals surface area contributed by atoms with Crippen LogP contribution < -0.4 is 0 Å². The normalized spacial score (nSPS) is 10.6. The van der Waals surface area contributed by atoms with Crippen LogP contribution in [-0.2, 0) is 5.75 Å². The highest BCUT2D eigenvalue weighted by Gasteiger charge is 2.09. The van der Waals surface area contributed by atoms with Gasteiger partial charge in [-0.05, 0) is 35.9 Å². The van der Waals surface area contributed by atoms with Crippen molar-refractivity contribution in [3.05, 3.63) is 65.0 Å². The van der Waals surface area contributed by atoms with Crippen molar-refractivity contribution in [2.45, 2.75) is 10.6 Å². The summed E-state index contributed by atoms with van der Waals surface area (Å²) in [5, 5.41) is 8.82. The van der Waals surface area contributed by atoms with E-state index < -0.39 is 23.4 Å². The highest BCUT2D eigenvalue weighted by molar-refractivity contribution is 7.98. The van der Waals surface area contributed by atoms with Crippen LogP contribution in [0.3, 0.4) is 0 Å². The SMILES string of the molecule is O=C(O)c1cc(F)cc(CSc2ccc(F)cc2F)c1. The molecule has 0 aliphatic heterocycles.